The molecule has 24 heavy (non-hydrogen) atoms. The predicted octanol–water partition coefficient (Wildman–Crippen LogP) is -0.152. The number of morpholine rings is 1. The van der Waals surface area contributed by atoms with Gasteiger partial charge in [-0.05, 0) is 26.8 Å². The fourth-order valence-electron chi connectivity index (χ4n) is 2.25. The molecule has 2 rings (SSSR count). The van der Waals surface area contributed by atoms with Crippen molar-refractivity contribution in [1.29, 1.82) is 0 Å². The molecule has 0 saturated carbocycles. The van der Waals surface area contributed by atoms with E-state index in [1.54, 1.807) is 6.07 Å². The van der Waals surface area contributed by atoms with Gasteiger partial charge < -0.3 is 10.1 Å². The lowest BCUT2D eigenvalue weighted by Crippen LogP contribution is -2.43. The summed E-state index contributed by atoms with van der Waals surface area (Å²) < 4.78 is 31.6. The van der Waals surface area contributed by atoms with E-state index in [0.29, 0.717) is 32.1 Å². The number of sulfonamides is 1. The van der Waals surface area contributed by atoms with Gasteiger partial charge in [0.1, 0.15) is 11.1 Å². The number of H-pyrrole nitrogens is 1. The van der Waals surface area contributed by atoms with Crippen molar-refractivity contribution in [3.8, 4) is 0 Å². The quantitative estimate of drug-likeness (QED) is 0.763. The van der Waals surface area contributed by atoms with Crippen LogP contribution in [-0.2, 0) is 19.6 Å². The molecular weight excluding hydrogens is 332 g/mol. The van der Waals surface area contributed by atoms with E-state index >= 15 is 0 Å². The Morgan fingerprint density at radius 3 is 2.50 bits per heavy atom. The molecular formula is C15H25N4O4S+. The van der Waals surface area contributed by atoms with Gasteiger partial charge in [0.15, 0.2) is 6.54 Å². The molecule has 1 aliphatic rings. The lowest BCUT2D eigenvalue weighted by Gasteiger charge is -2.25. The van der Waals surface area contributed by atoms with Gasteiger partial charge in [0.2, 0.25) is 10.0 Å². The molecule has 0 unspecified atom stereocenters. The van der Waals surface area contributed by atoms with Crippen LogP contribution in [0.1, 0.15) is 20.8 Å². The summed E-state index contributed by atoms with van der Waals surface area (Å²) in [7, 11) is -3.52. The van der Waals surface area contributed by atoms with Crippen molar-refractivity contribution in [2.45, 2.75) is 31.2 Å². The zero-order chi connectivity index (χ0) is 17.8. The fraction of sp³-hybridized carbons (Fsp3) is 0.600. The van der Waals surface area contributed by atoms with Gasteiger partial charge >= 0.3 is 0 Å². The van der Waals surface area contributed by atoms with Gasteiger partial charge in [-0.3, -0.25) is 10.1 Å². The Labute approximate surface area is 142 Å². The molecule has 0 bridgehead atoms. The van der Waals surface area contributed by atoms with Crippen LogP contribution in [-0.4, -0.2) is 57.0 Å². The molecule has 1 saturated heterocycles. The lowest BCUT2D eigenvalue weighted by atomic mass is 10.1. The van der Waals surface area contributed by atoms with E-state index in [4.69, 9.17) is 4.74 Å². The van der Waals surface area contributed by atoms with E-state index in [1.165, 1.54) is 16.6 Å². The van der Waals surface area contributed by atoms with Crippen LogP contribution in [0.5, 0.6) is 0 Å². The summed E-state index contributed by atoms with van der Waals surface area (Å²) in [6.45, 7) is 7.35. The van der Waals surface area contributed by atoms with Gasteiger partial charge in [0, 0.05) is 24.7 Å². The largest absolute Gasteiger partial charge is 0.379 e. The second-order valence-electron chi connectivity index (χ2n) is 6.61. The van der Waals surface area contributed by atoms with E-state index in [-0.39, 0.29) is 22.9 Å². The van der Waals surface area contributed by atoms with Gasteiger partial charge in [0.05, 0.1) is 13.2 Å². The van der Waals surface area contributed by atoms with E-state index < -0.39 is 10.0 Å². The van der Waals surface area contributed by atoms with Crippen molar-refractivity contribution in [3.63, 3.8) is 0 Å². The minimum absolute atomic E-state index is 0.101. The topological polar surface area (TPSA) is 102 Å². The zero-order valence-electron chi connectivity index (χ0n) is 14.3. The number of pyridine rings is 1. The number of aromatic amines is 1. The number of hydrogen-bond acceptors (Lipinski definition) is 5. The first-order valence-corrected chi connectivity index (χ1v) is 9.27. The van der Waals surface area contributed by atoms with Crippen LogP contribution in [0.25, 0.3) is 0 Å². The first kappa shape index (κ1) is 18.6. The number of amides is 1. The molecule has 1 amide bonds. The summed E-state index contributed by atoms with van der Waals surface area (Å²) in [5.41, 5.74) is -0.293. The zero-order valence-corrected chi connectivity index (χ0v) is 15.1. The molecule has 0 aromatic carbocycles. The number of rotatable bonds is 5. The standard InChI is InChI=1S/C15H24N4O4S/c1-15(2,3)18-14(20)11-17-13-5-4-12(10-16-13)24(21,22)19-6-8-23-9-7-19/h4-5,10H,6-9,11H2,1-3H3,(H,16,17)(H,18,20)/p+1. The highest BCUT2D eigenvalue weighted by Crippen LogP contribution is 2.16. The molecule has 1 aliphatic heterocycles. The number of carbonyl (C=O) groups excluding carboxylic acids is 1. The van der Waals surface area contributed by atoms with E-state index in [2.05, 4.69) is 15.6 Å². The Hall–Kier alpha value is -1.71. The van der Waals surface area contributed by atoms with Crippen molar-refractivity contribution in [2.75, 3.05) is 38.2 Å². The number of carbonyl (C=O) groups is 1. The third-order valence-electron chi connectivity index (χ3n) is 3.35. The average Bonchev–Trinajstić information content (AvgIpc) is 2.52. The molecule has 0 spiro atoms. The average molecular weight is 357 g/mol. The van der Waals surface area contributed by atoms with E-state index in [1.807, 2.05) is 20.8 Å². The molecule has 0 radical (unpaired) electrons. The monoisotopic (exact) mass is 357 g/mol. The highest BCUT2D eigenvalue weighted by Gasteiger charge is 2.27. The first-order valence-electron chi connectivity index (χ1n) is 7.83. The molecule has 9 heteroatoms. The Morgan fingerprint density at radius 2 is 1.96 bits per heavy atom. The number of ether oxygens (including phenoxy) is 1. The Bertz CT molecular complexity index is 662. The minimum Gasteiger partial charge on any atom is -0.379 e. The lowest BCUT2D eigenvalue weighted by molar-refractivity contribution is -0.364. The van der Waals surface area contributed by atoms with Crippen LogP contribution in [0.3, 0.4) is 0 Å². The molecule has 2 heterocycles. The molecule has 1 aromatic rings. The molecule has 134 valence electrons. The van der Waals surface area contributed by atoms with E-state index in [9.17, 15) is 13.2 Å². The van der Waals surface area contributed by atoms with Gasteiger partial charge in [0.25, 0.3) is 11.7 Å². The summed E-state index contributed by atoms with van der Waals surface area (Å²) in [6.07, 6.45) is 1.43. The van der Waals surface area contributed by atoms with Gasteiger partial charge in [-0.1, -0.05) is 0 Å². The number of nitrogens with one attached hydrogen (secondary N) is 3. The number of aromatic nitrogens is 1. The van der Waals surface area contributed by atoms with Crippen LogP contribution in [0.2, 0.25) is 0 Å². The Morgan fingerprint density at radius 1 is 1.29 bits per heavy atom. The number of anilines is 1. The van der Waals surface area contributed by atoms with Crippen molar-refractivity contribution in [2.24, 2.45) is 0 Å². The summed E-state index contributed by atoms with van der Waals surface area (Å²) in [5.74, 6) is 0.431. The van der Waals surface area contributed by atoms with Crippen LogP contribution >= 0.6 is 0 Å². The van der Waals surface area contributed by atoms with Crippen LogP contribution < -0.4 is 15.6 Å². The summed E-state index contributed by atoms with van der Waals surface area (Å²) in [6, 6.07) is 3.13. The maximum Gasteiger partial charge on any atom is 0.272 e. The highest BCUT2D eigenvalue weighted by atomic mass is 32.2. The third-order valence-corrected chi connectivity index (χ3v) is 5.24. The molecule has 1 aromatic heterocycles. The third kappa shape index (κ3) is 5.15. The number of nitrogens with zero attached hydrogens (tertiary/aromatic N) is 1. The molecule has 1 fully saturated rings. The van der Waals surface area contributed by atoms with Crippen molar-refractivity contribution in [3.05, 3.63) is 18.3 Å². The first-order chi connectivity index (χ1) is 11.2. The molecule has 0 aliphatic carbocycles. The van der Waals surface area contributed by atoms with Crippen LogP contribution in [0, 0.1) is 0 Å². The van der Waals surface area contributed by atoms with Gasteiger partial charge in [-0.15, -0.1) is 0 Å². The van der Waals surface area contributed by atoms with Crippen molar-refractivity contribution < 1.29 is 22.9 Å². The van der Waals surface area contributed by atoms with Crippen molar-refractivity contribution >= 4 is 21.7 Å². The van der Waals surface area contributed by atoms with Crippen molar-refractivity contribution in [1.82, 2.24) is 9.62 Å². The second-order valence-corrected chi connectivity index (χ2v) is 8.54. The normalized spacial score (nSPS) is 16.6. The Kier molecular flexibility index (Phi) is 5.79. The van der Waals surface area contributed by atoms with Gasteiger partial charge in [-0.2, -0.15) is 4.31 Å². The Balaban J connectivity index is 1.96. The maximum atomic E-state index is 12.5. The van der Waals surface area contributed by atoms with E-state index in [0.717, 1.165) is 0 Å². The predicted molar refractivity (Wildman–Crippen MR) is 89.0 cm³/mol. The summed E-state index contributed by atoms with van der Waals surface area (Å²) in [5, 5.41) is 5.77. The highest BCUT2D eigenvalue weighted by molar-refractivity contribution is 7.89. The minimum atomic E-state index is -3.52. The smallest absolute Gasteiger partial charge is 0.272 e. The molecule has 3 N–H and O–H groups in total. The maximum absolute atomic E-state index is 12.5. The van der Waals surface area contributed by atoms with Crippen LogP contribution in [0.4, 0.5) is 5.82 Å². The SMILES string of the molecule is CC(C)(C)NC(=O)CNc1ccc(S(=O)(=O)N2CCOCC2)c[nH+]1. The summed E-state index contributed by atoms with van der Waals surface area (Å²) in [4.78, 5) is 14.8. The summed E-state index contributed by atoms with van der Waals surface area (Å²) >= 11 is 0. The fourth-order valence-corrected chi connectivity index (χ4v) is 3.63. The van der Waals surface area contributed by atoms with Gasteiger partial charge in [-0.25, -0.2) is 13.4 Å². The number of hydrogen-bond donors (Lipinski definition) is 2. The molecule has 8 nitrogen and oxygen atoms in total. The van der Waals surface area contributed by atoms with Crippen LogP contribution in [0.15, 0.2) is 23.2 Å². The molecule has 0 atom stereocenters. The second kappa shape index (κ2) is 7.45.